The Morgan fingerprint density at radius 3 is 2.56 bits per heavy atom. The third-order valence-electron chi connectivity index (χ3n) is 4.54. The molecule has 3 aromatic carbocycles. The fourth-order valence-corrected chi connectivity index (χ4v) is 4.01. The Morgan fingerprint density at radius 2 is 1.84 bits per heavy atom. The van der Waals surface area contributed by atoms with E-state index in [2.05, 4.69) is 36.9 Å². The van der Waals surface area contributed by atoms with Crippen molar-refractivity contribution in [2.45, 2.75) is 6.61 Å². The molecule has 0 fully saturated rings. The molecule has 0 bridgehead atoms. The molecule has 0 amide bonds. The van der Waals surface area contributed by atoms with Crippen LogP contribution in [0.25, 0.3) is 6.08 Å². The van der Waals surface area contributed by atoms with Crippen molar-refractivity contribution in [1.82, 2.24) is 0 Å². The number of aliphatic imine (C=N–C) groups is 1. The van der Waals surface area contributed by atoms with Gasteiger partial charge < -0.3 is 14.2 Å². The molecule has 0 aliphatic carbocycles. The van der Waals surface area contributed by atoms with Crippen LogP contribution in [0.15, 0.2) is 80.3 Å². The fourth-order valence-electron chi connectivity index (χ4n) is 3.03. The normalized spacial score (nSPS) is 14.3. The summed E-state index contributed by atoms with van der Waals surface area (Å²) in [6, 6.07) is 18.5. The molecule has 162 valence electrons. The molecule has 0 saturated carbocycles. The number of halogens is 3. The second-order valence-electron chi connectivity index (χ2n) is 6.80. The van der Waals surface area contributed by atoms with E-state index in [9.17, 15) is 4.79 Å². The van der Waals surface area contributed by atoms with Crippen molar-refractivity contribution in [1.29, 1.82) is 0 Å². The second-order valence-corrected chi connectivity index (χ2v) is 9.03. The summed E-state index contributed by atoms with van der Waals surface area (Å²) in [5.74, 6) is 0.584. The van der Waals surface area contributed by atoms with Crippen LogP contribution in [0, 0.1) is 0 Å². The van der Waals surface area contributed by atoms with E-state index in [0.29, 0.717) is 34.3 Å². The van der Waals surface area contributed by atoms with Gasteiger partial charge in [0.1, 0.15) is 6.61 Å². The van der Waals surface area contributed by atoms with Crippen molar-refractivity contribution in [3.8, 4) is 11.5 Å². The SMILES string of the molecule is COc1cc(/C=C2\N=C(c3ccc(Br)cc3)OC2=O)cc(Cl)c1OCc1cccc(Br)c1. The first kappa shape index (κ1) is 22.6. The summed E-state index contributed by atoms with van der Waals surface area (Å²) in [6.45, 7) is 0.323. The molecule has 0 atom stereocenters. The Labute approximate surface area is 206 Å². The van der Waals surface area contributed by atoms with E-state index in [0.717, 1.165) is 14.5 Å². The largest absolute Gasteiger partial charge is 0.493 e. The Bertz CT molecular complexity index is 1240. The number of hydrogen-bond donors (Lipinski definition) is 0. The zero-order chi connectivity index (χ0) is 22.7. The number of nitrogens with zero attached hydrogens (tertiary/aromatic N) is 1. The van der Waals surface area contributed by atoms with Crippen molar-refractivity contribution >= 4 is 61.4 Å². The van der Waals surface area contributed by atoms with Crippen LogP contribution in [0.2, 0.25) is 5.02 Å². The lowest BCUT2D eigenvalue weighted by molar-refractivity contribution is -0.129. The highest BCUT2D eigenvalue weighted by Gasteiger charge is 2.24. The Morgan fingerprint density at radius 1 is 1.06 bits per heavy atom. The van der Waals surface area contributed by atoms with Crippen LogP contribution in [0.5, 0.6) is 11.5 Å². The second kappa shape index (κ2) is 9.90. The number of carbonyl (C=O) groups is 1. The molecule has 0 unspecified atom stereocenters. The number of esters is 1. The number of carbonyl (C=O) groups excluding carboxylic acids is 1. The average molecular weight is 578 g/mol. The summed E-state index contributed by atoms with van der Waals surface area (Å²) in [7, 11) is 1.53. The van der Waals surface area contributed by atoms with E-state index in [-0.39, 0.29) is 11.6 Å². The van der Waals surface area contributed by atoms with E-state index in [1.165, 1.54) is 7.11 Å². The molecule has 0 spiro atoms. The van der Waals surface area contributed by atoms with Gasteiger partial charge in [-0.2, -0.15) is 0 Å². The van der Waals surface area contributed by atoms with Crippen molar-refractivity contribution in [2.75, 3.05) is 7.11 Å². The van der Waals surface area contributed by atoms with Crippen LogP contribution >= 0.6 is 43.5 Å². The fraction of sp³-hybridized carbons (Fsp3) is 0.0833. The first-order valence-corrected chi connectivity index (χ1v) is 11.4. The number of methoxy groups -OCH3 is 1. The summed E-state index contributed by atoms with van der Waals surface area (Å²) in [5, 5.41) is 0.356. The third kappa shape index (κ3) is 5.23. The number of hydrogen-bond acceptors (Lipinski definition) is 5. The molecule has 1 aliphatic heterocycles. The van der Waals surface area contributed by atoms with Gasteiger partial charge in [0, 0.05) is 14.5 Å². The first-order chi connectivity index (χ1) is 15.4. The number of rotatable bonds is 6. The Kier molecular flexibility index (Phi) is 6.98. The van der Waals surface area contributed by atoms with E-state index in [1.54, 1.807) is 18.2 Å². The zero-order valence-corrected chi connectivity index (χ0v) is 20.7. The predicted molar refractivity (Wildman–Crippen MR) is 131 cm³/mol. The number of cyclic esters (lactones) is 1. The van der Waals surface area contributed by atoms with E-state index >= 15 is 0 Å². The van der Waals surface area contributed by atoms with Gasteiger partial charge in [-0.25, -0.2) is 9.79 Å². The monoisotopic (exact) mass is 575 g/mol. The van der Waals surface area contributed by atoms with Crippen LogP contribution in [0.1, 0.15) is 16.7 Å². The van der Waals surface area contributed by atoms with E-state index < -0.39 is 5.97 Å². The topological polar surface area (TPSA) is 57.1 Å². The lowest BCUT2D eigenvalue weighted by atomic mass is 10.1. The van der Waals surface area contributed by atoms with Crippen molar-refractivity contribution < 1.29 is 19.0 Å². The molecule has 0 N–H and O–H groups in total. The molecule has 0 aromatic heterocycles. The quantitative estimate of drug-likeness (QED) is 0.239. The highest BCUT2D eigenvalue weighted by molar-refractivity contribution is 9.10. The van der Waals surface area contributed by atoms with Crippen LogP contribution in [-0.4, -0.2) is 19.0 Å². The molecule has 4 rings (SSSR count). The number of benzene rings is 3. The van der Waals surface area contributed by atoms with Gasteiger partial charge in [0.15, 0.2) is 17.2 Å². The average Bonchev–Trinajstić information content (AvgIpc) is 3.13. The maximum Gasteiger partial charge on any atom is 0.363 e. The van der Waals surface area contributed by atoms with Crippen LogP contribution in [-0.2, 0) is 16.1 Å². The molecular formula is C24H16Br2ClNO4. The highest BCUT2D eigenvalue weighted by Crippen LogP contribution is 2.38. The van der Waals surface area contributed by atoms with Gasteiger partial charge in [-0.1, -0.05) is 55.6 Å². The minimum Gasteiger partial charge on any atom is -0.493 e. The summed E-state index contributed by atoms with van der Waals surface area (Å²) in [5.41, 5.74) is 2.49. The van der Waals surface area contributed by atoms with Gasteiger partial charge >= 0.3 is 5.97 Å². The maximum atomic E-state index is 12.3. The smallest absolute Gasteiger partial charge is 0.363 e. The minimum atomic E-state index is -0.534. The highest BCUT2D eigenvalue weighted by atomic mass is 79.9. The Hall–Kier alpha value is -2.61. The lowest BCUT2D eigenvalue weighted by Crippen LogP contribution is -2.05. The summed E-state index contributed by atoms with van der Waals surface area (Å²) >= 11 is 13.3. The molecule has 1 aliphatic rings. The summed E-state index contributed by atoms with van der Waals surface area (Å²) in [4.78, 5) is 16.6. The third-order valence-corrected chi connectivity index (χ3v) is 5.84. The van der Waals surface area contributed by atoms with Gasteiger partial charge in [0.25, 0.3) is 0 Å². The molecule has 5 nitrogen and oxygen atoms in total. The van der Waals surface area contributed by atoms with Gasteiger partial charge in [-0.3, -0.25) is 0 Å². The van der Waals surface area contributed by atoms with E-state index in [1.807, 2.05) is 48.5 Å². The van der Waals surface area contributed by atoms with E-state index in [4.69, 9.17) is 25.8 Å². The van der Waals surface area contributed by atoms with Gasteiger partial charge in [-0.05, 0) is 65.7 Å². The molecule has 8 heteroatoms. The van der Waals surface area contributed by atoms with Crippen LogP contribution in [0.4, 0.5) is 0 Å². The van der Waals surface area contributed by atoms with Crippen LogP contribution < -0.4 is 9.47 Å². The summed E-state index contributed by atoms with van der Waals surface area (Å²) in [6.07, 6.45) is 1.60. The first-order valence-electron chi connectivity index (χ1n) is 9.46. The van der Waals surface area contributed by atoms with Gasteiger partial charge in [0.05, 0.1) is 12.1 Å². The maximum absolute atomic E-state index is 12.3. The predicted octanol–water partition coefficient (Wildman–Crippen LogP) is 6.80. The van der Waals surface area contributed by atoms with Crippen molar-refractivity contribution in [2.24, 2.45) is 4.99 Å². The zero-order valence-electron chi connectivity index (χ0n) is 16.8. The molecule has 0 radical (unpaired) electrons. The standard InChI is InChI=1S/C24H16Br2ClNO4/c1-30-21-12-15(10-19(27)22(21)31-13-14-3-2-4-18(26)9-14)11-20-24(29)32-23(28-20)16-5-7-17(25)8-6-16/h2-12H,13H2,1H3/b20-11-. The summed E-state index contributed by atoms with van der Waals surface area (Å²) < 4.78 is 18.6. The van der Waals surface area contributed by atoms with Crippen LogP contribution in [0.3, 0.4) is 0 Å². The molecule has 3 aromatic rings. The van der Waals surface area contributed by atoms with Crippen molar-refractivity contribution in [3.63, 3.8) is 0 Å². The molecule has 1 heterocycles. The molecular weight excluding hydrogens is 562 g/mol. The molecule has 0 saturated heterocycles. The van der Waals surface area contributed by atoms with Gasteiger partial charge in [-0.15, -0.1) is 0 Å². The van der Waals surface area contributed by atoms with Crippen molar-refractivity contribution in [3.05, 3.63) is 97.0 Å². The van der Waals surface area contributed by atoms with Gasteiger partial charge in [0.2, 0.25) is 5.90 Å². The number of ether oxygens (including phenoxy) is 3. The molecule has 32 heavy (non-hydrogen) atoms. The minimum absolute atomic E-state index is 0.170. The Balaban J connectivity index is 1.59. The lowest BCUT2D eigenvalue weighted by Gasteiger charge is -2.13.